The van der Waals surface area contributed by atoms with E-state index in [4.69, 9.17) is 11.6 Å². The Morgan fingerprint density at radius 2 is 2.29 bits per heavy atom. The third kappa shape index (κ3) is 2.05. The minimum Gasteiger partial charge on any atom is -0.298 e. The molecule has 1 aliphatic rings. The number of ketones is 1. The molecule has 1 aromatic rings. The fraction of sp³-hybridized carbons (Fsp3) is 0.385. The highest BCUT2D eigenvalue weighted by molar-refractivity contribution is 6.31. The van der Waals surface area contributed by atoms with Gasteiger partial charge in [-0.05, 0) is 30.9 Å². The number of halogens is 2. The fourth-order valence-corrected chi connectivity index (χ4v) is 2.48. The number of benzene rings is 1. The highest BCUT2D eigenvalue weighted by Gasteiger charge is 2.42. The predicted octanol–water partition coefficient (Wildman–Crippen LogP) is 3.28. The Bertz CT molecular complexity index is 509. The molecule has 0 bridgehead atoms. The molecular weight excluding hydrogens is 241 g/mol. The van der Waals surface area contributed by atoms with Crippen LogP contribution in [0.25, 0.3) is 0 Å². The number of nitriles is 1. The van der Waals surface area contributed by atoms with Crippen LogP contribution < -0.4 is 0 Å². The van der Waals surface area contributed by atoms with E-state index in [-0.39, 0.29) is 17.2 Å². The van der Waals surface area contributed by atoms with E-state index >= 15 is 0 Å². The Balaban J connectivity index is 2.35. The maximum atomic E-state index is 13.3. The molecule has 1 aromatic carbocycles. The molecule has 1 saturated carbocycles. The van der Waals surface area contributed by atoms with Gasteiger partial charge in [0.2, 0.25) is 0 Å². The summed E-state index contributed by atoms with van der Waals surface area (Å²) in [7, 11) is 0. The van der Waals surface area contributed by atoms with Gasteiger partial charge in [-0.3, -0.25) is 4.79 Å². The lowest BCUT2D eigenvalue weighted by Gasteiger charge is -2.19. The normalized spacial score (nSPS) is 23.7. The molecule has 17 heavy (non-hydrogen) atoms. The molecular formula is C13H11ClFNO. The van der Waals surface area contributed by atoms with Crippen molar-refractivity contribution in [2.45, 2.75) is 25.7 Å². The van der Waals surface area contributed by atoms with Gasteiger partial charge in [0, 0.05) is 6.42 Å². The van der Waals surface area contributed by atoms with Crippen LogP contribution in [0, 0.1) is 22.6 Å². The molecule has 0 amide bonds. The number of hydrogen-bond acceptors (Lipinski definition) is 2. The third-order valence-electron chi connectivity index (χ3n) is 3.28. The van der Waals surface area contributed by atoms with Crippen LogP contribution in [0.2, 0.25) is 5.02 Å². The summed E-state index contributed by atoms with van der Waals surface area (Å²) in [6.45, 7) is 0. The molecule has 88 valence electrons. The first-order valence-electron chi connectivity index (χ1n) is 5.46. The number of rotatable bonds is 2. The van der Waals surface area contributed by atoms with Crippen LogP contribution in [-0.4, -0.2) is 5.78 Å². The molecule has 0 spiro atoms. The monoisotopic (exact) mass is 251 g/mol. The van der Waals surface area contributed by atoms with E-state index in [0.717, 1.165) is 6.42 Å². The Kier molecular flexibility index (Phi) is 3.17. The molecule has 2 nitrogen and oxygen atoms in total. The largest absolute Gasteiger partial charge is 0.298 e. The van der Waals surface area contributed by atoms with E-state index in [1.165, 1.54) is 6.07 Å². The second-order valence-corrected chi connectivity index (χ2v) is 4.74. The van der Waals surface area contributed by atoms with Crippen molar-refractivity contribution in [3.63, 3.8) is 0 Å². The molecule has 1 unspecified atom stereocenters. The predicted molar refractivity (Wildman–Crippen MR) is 62.0 cm³/mol. The van der Waals surface area contributed by atoms with Gasteiger partial charge in [-0.25, -0.2) is 4.39 Å². The standard InChI is InChI=1S/C13H11ClFNO/c14-12-9(3-1-4-10(12)15)7-13(8-16)6-2-5-11(13)17/h1,3-4H,2,5-7H2. The molecule has 2 rings (SSSR count). The average molecular weight is 252 g/mol. The average Bonchev–Trinajstić information content (AvgIpc) is 2.67. The van der Waals surface area contributed by atoms with Gasteiger partial charge in [0.15, 0.2) is 5.78 Å². The van der Waals surface area contributed by atoms with Crippen LogP contribution in [0.4, 0.5) is 4.39 Å². The van der Waals surface area contributed by atoms with Gasteiger partial charge in [-0.1, -0.05) is 23.7 Å². The Hall–Kier alpha value is -1.40. The first kappa shape index (κ1) is 12.1. The maximum Gasteiger partial charge on any atom is 0.153 e. The SMILES string of the molecule is N#CC1(Cc2cccc(F)c2Cl)CCCC1=O. The summed E-state index contributed by atoms with van der Waals surface area (Å²) >= 11 is 5.84. The highest BCUT2D eigenvalue weighted by Crippen LogP contribution is 2.39. The Labute approximate surface area is 104 Å². The lowest BCUT2D eigenvalue weighted by molar-refractivity contribution is -0.123. The van der Waals surface area contributed by atoms with E-state index in [9.17, 15) is 14.4 Å². The van der Waals surface area contributed by atoms with Crippen molar-refractivity contribution in [2.75, 3.05) is 0 Å². The molecule has 0 aliphatic heterocycles. The second-order valence-electron chi connectivity index (χ2n) is 4.36. The van der Waals surface area contributed by atoms with Crippen molar-refractivity contribution < 1.29 is 9.18 Å². The molecule has 0 radical (unpaired) electrons. The van der Waals surface area contributed by atoms with E-state index in [1.54, 1.807) is 12.1 Å². The zero-order valence-electron chi connectivity index (χ0n) is 9.17. The topological polar surface area (TPSA) is 40.9 Å². The summed E-state index contributed by atoms with van der Waals surface area (Å²) in [5.41, 5.74) is -0.472. The van der Waals surface area contributed by atoms with Gasteiger partial charge in [-0.15, -0.1) is 0 Å². The summed E-state index contributed by atoms with van der Waals surface area (Å²) in [5, 5.41) is 9.22. The van der Waals surface area contributed by atoms with E-state index < -0.39 is 11.2 Å². The number of hydrogen-bond donors (Lipinski definition) is 0. The zero-order valence-corrected chi connectivity index (χ0v) is 9.93. The summed E-state index contributed by atoms with van der Waals surface area (Å²) in [6.07, 6.45) is 1.90. The van der Waals surface area contributed by atoms with Crippen LogP contribution in [-0.2, 0) is 11.2 Å². The molecule has 0 saturated heterocycles. The fourth-order valence-electron chi connectivity index (χ4n) is 2.28. The van der Waals surface area contributed by atoms with Gasteiger partial charge >= 0.3 is 0 Å². The van der Waals surface area contributed by atoms with Crippen molar-refractivity contribution in [1.29, 1.82) is 5.26 Å². The molecule has 0 heterocycles. The second kappa shape index (κ2) is 4.46. The van der Waals surface area contributed by atoms with Crippen LogP contribution in [0.15, 0.2) is 18.2 Å². The van der Waals surface area contributed by atoms with E-state index in [1.807, 2.05) is 0 Å². The van der Waals surface area contributed by atoms with E-state index in [0.29, 0.717) is 18.4 Å². The van der Waals surface area contributed by atoms with Gasteiger partial charge < -0.3 is 0 Å². The van der Waals surface area contributed by atoms with Gasteiger partial charge in [0.1, 0.15) is 11.2 Å². The first-order valence-corrected chi connectivity index (χ1v) is 5.84. The van der Waals surface area contributed by atoms with Crippen molar-refractivity contribution >= 4 is 17.4 Å². The van der Waals surface area contributed by atoms with Crippen LogP contribution in [0.1, 0.15) is 24.8 Å². The number of Topliss-reactive ketones (excluding diaryl/α,β-unsaturated/α-hetero) is 1. The minimum atomic E-state index is -1.00. The third-order valence-corrected chi connectivity index (χ3v) is 3.70. The minimum absolute atomic E-state index is 0.0156. The zero-order chi connectivity index (χ0) is 12.5. The Morgan fingerprint density at radius 3 is 2.88 bits per heavy atom. The van der Waals surface area contributed by atoms with Gasteiger partial charge in [-0.2, -0.15) is 5.26 Å². The van der Waals surface area contributed by atoms with E-state index in [2.05, 4.69) is 6.07 Å². The summed E-state index contributed by atoms with van der Waals surface area (Å²) < 4.78 is 13.3. The first-order chi connectivity index (χ1) is 8.09. The summed E-state index contributed by atoms with van der Waals surface area (Å²) in [6, 6.07) is 6.56. The Morgan fingerprint density at radius 1 is 1.53 bits per heavy atom. The van der Waals surface area contributed by atoms with Crippen molar-refractivity contribution in [1.82, 2.24) is 0 Å². The lowest BCUT2D eigenvalue weighted by Crippen LogP contribution is -2.26. The number of carbonyl (C=O) groups excluding carboxylic acids is 1. The molecule has 1 fully saturated rings. The molecule has 0 aromatic heterocycles. The lowest BCUT2D eigenvalue weighted by atomic mass is 9.80. The van der Waals surface area contributed by atoms with Gasteiger partial charge in [0.25, 0.3) is 0 Å². The quantitative estimate of drug-likeness (QED) is 0.809. The molecule has 0 N–H and O–H groups in total. The van der Waals surface area contributed by atoms with Crippen LogP contribution in [0.3, 0.4) is 0 Å². The van der Waals surface area contributed by atoms with Crippen LogP contribution in [0.5, 0.6) is 0 Å². The van der Waals surface area contributed by atoms with Crippen LogP contribution >= 0.6 is 11.6 Å². The highest BCUT2D eigenvalue weighted by atomic mass is 35.5. The number of carbonyl (C=O) groups is 1. The smallest absolute Gasteiger partial charge is 0.153 e. The summed E-state index contributed by atoms with van der Waals surface area (Å²) in [5.74, 6) is -0.567. The van der Waals surface area contributed by atoms with Crippen molar-refractivity contribution in [3.05, 3.63) is 34.6 Å². The summed E-state index contributed by atoms with van der Waals surface area (Å²) in [4.78, 5) is 11.8. The molecule has 4 heteroatoms. The molecule has 1 aliphatic carbocycles. The van der Waals surface area contributed by atoms with Crippen molar-refractivity contribution in [2.24, 2.45) is 5.41 Å². The molecule has 1 atom stereocenters. The number of nitrogens with zero attached hydrogens (tertiary/aromatic N) is 1. The van der Waals surface area contributed by atoms with Gasteiger partial charge in [0.05, 0.1) is 11.1 Å². The van der Waals surface area contributed by atoms with Crippen molar-refractivity contribution in [3.8, 4) is 6.07 Å². The maximum absolute atomic E-state index is 13.3.